The summed E-state index contributed by atoms with van der Waals surface area (Å²) >= 11 is 5.98. The quantitative estimate of drug-likeness (QED) is 0.866. The normalized spacial score (nSPS) is 19.9. The highest BCUT2D eigenvalue weighted by Crippen LogP contribution is 2.25. The number of ether oxygens (including phenoxy) is 1. The number of carboxylic acid groups (broad SMARTS) is 1. The third-order valence-corrected chi connectivity index (χ3v) is 3.00. The van der Waals surface area contributed by atoms with Gasteiger partial charge < -0.3 is 15.2 Å². The fourth-order valence-electron chi connectivity index (χ4n) is 1.76. The number of aromatic nitrogens is 1. The van der Waals surface area contributed by atoms with Gasteiger partial charge in [0, 0.05) is 12.8 Å². The zero-order valence-corrected chi connectivity index (χ0v) is 9.91. The molecule has 92 valence electrons. The van der Waals surface area contributed by atoms with Crippen LogP contribution in [0.2, 0.25) is 5.02 Å². The van der Waals surface area contributed by atoms with Gasteiger partial charge in [0.25, 0.3) is 0 Å². The summed E-state index contributed by atoms with van der Waals surface area (Å²) in [5.74, 6) is -0.651. The van der Waals surface area contributed by atoms with E-state index >= 15 is 0 Å². The van der Waals surface area contributed by atoms with E-state index in [9.17, 15) is 4.79 Å². The molecule has 2 rings (SSSR count). The van der Waals surface area contributed by atoms with Crippen molar-refractivity contribution >= 4 is 23.4 Å². The predicted molar refractivity (Wildman–Crippen MR) is 63.7 cm³/mol. The molecule has 0 amide bonds. The van der Waals surface area contributed by atoms with Crippen molar-refractivity contribution in [3.8, 4) is 0 Å². The predicted octanol–water partition coefficient (Wildman–Crippen LogP) is 2.02. The summed E-state index contributed by atoms with van der Waals surface area (Å²) in [5, 5.41) is 12.2. The third-order valence-electron chi connectivity index (χ3n) is 2.62. The van der Waals surface area contributed by atoms with Gasteiger partial charge in [-0.1, -0.05) is 11.6 Å². The molecule has 2 heterocycles. The summed E-state index contributed by atoms with van der Waals surface area (Å²) < 4.78 is 5.32. The number of pyridine rings is 1. The molecule has 2 N–H and O–H groups in total. The van der Waals surface area contributed by atoms with E-state index in [4.69, 9.17) is 21.4 Å². The zero-order chi connectivity index (χ0) is 12.3. The Labute approximate surface area is 104 Å². The number of halogens is 1. The van der Waals surface area contributed by atoms with Crippen LogP contribution >= 0.6 is 11.6 Å². The Bertz CT molecular complexity index is 419. The topological polar surface area (TPSA) is 71.5 Å². The Hall–Kier alpha value is -1.33. The van der Waals surface area contributed by atoms with Gasteiger partial charge in [0.05, 0.1) is 23.2 Å². The first-order valence-corrected chi connectivity index (χ1v) is 5.78. The molecule has 0 radical (unpaired) electrons. The van der Waals surface area contributed by atoms with E-state index in [0.717, 1.165) is 19.4 Å². The minimum atomic E-state index is -1.06. The van der Waals surface area contributed by atoms with Crippen molar-refractivity contribution in [1.29, 1.82) is 0 Å². The zero-order valence-electron chi connectivity index (χ0n) is 9.15. The summed E-state index contributed by atoms with van der Waals surface area (Å²) in [7, 11) is 0. The van der Waals surface area contributed by atoms with Gasteiger partial charge in [0.2, 0.25) is 0 Å². The van der Waals surface area contributed by atoms with Gasteiger partial charge in [-0.2, -0.15) is 0 Å². The highest BCUT2D eigenvalue weighted by Gasteiger charge is 2.18. The highest BCUT2D eigenvalue weighted by molar-refractivity contribution is 6.35. The average molecular weight is 257 g/mol. The smallest absolute Gasteiger partial charge is 0.337 e. The van der Waals surface area contributed by atoms with Crippen LogP contribution in [0.25, 0.3) is 0 Å². The maximum Gasteiger partial charge on any atom is 0.337 e. The van der Waals surface area contributed by atoms with Crippen LogP contribution in [0.3, 0.4) is 0 Å². The van der Waals surface area contributed by atoms with Crippen LogP contribution in [-0.4, -0.2) is 35.3 Å². The number of nitrogens with zero attached hydrogens (tertiary/aromatic N) is 1. The molecule has 0 spiro atoms. The van der Waals surface area contributed by atoms with E-state index in [1.54, 1.807) is 0 Å². The lowest BCUT2D eigenvalue weighted by Crippen LogP contribution is -2.30. The lowest BCUT2D eigenvalue weighted by molar-refractivity contribution is 0.0697. The number of aromatic carboxylic acids is 1. The molecule has 0 aliphatic carbocycles. The number of hydrogen-bond acceptors (Lipinski definition) is 4. The molecule has 1 saturated heterocycles. The maximum absolute atomic E-state index is 10.9. The van der Waals surface area contributed by atoms with E-state index in [2.05, 4.69) is 10.3 Å². The molecule has 1 unspecified atom stereocenters. The fourth-order valence-corrected chi connectivity index (χ4v) is 2.00. The van der Waals surface area contributed by atoms with Gasteiger partial charge in [-0.15, -0.1) is 0 Å². The first kappa shape index (κ1) is 12.1. The molecule has 6 heteroatoms. The number of hydrogen-bond donors (Lipinski definition) is 2. The summed E-state index contributed by atoms with van der Waals surface area (Å²) in [6, 6.07) is 1.52. The second kappa shape index (κ2) is 5.33. The molecule has 0 aromatic carbocycles. The minimum absolute atomic E-state index is 0.0564. The van der Waals surface area contributed by atoms with Gasteiger partial charge in [0.15, 0.2) is 0 Å². The second-order valence-corrected chi connectivity index (χ2v) is 4.26. The van der Waals surface area contributed by atoms with E-state index < -0.39 is 5.97 Å². The van der Waals surface area contributed by atoms with Gasteiger partial charge in [0.1, 0.15) is 5.82 Å². The van der Waals surface area contributed by atoms with Crippen LogP contribution in [0.5, 0.6) is 0 Å². The van der Waals surface area contributed by atoms with Crippen LogP contribution < -0.4 is 5.32 Å². The average Bonchev–Trinajstić information content (AvgIpc) is 2.33. The second-order valence-electron chi connectivity index (χ2n) is 3.88. The number of carbonyl (C=O) groups is 1. The van der Waals surface area contributed by atoms with Gasteiger partial charge in [-0.3, -0.25) is 0 Å². The molecule has 17 heavy (non-hydrogen) atoms. The van der Waals surface area contributed by atoms with Crippen LogP contribution in [-0.2, 0) is 4.74 Å². The highest BCUT2D eigenvalue weighted by atomic mass is 35.5. The third kappa shape index (κ3) is 2.87. The summed E-state index contributed by atoms with van der Waals surface area (Å²) in [5.41, 5.74) is 0.0564. The Kier molecular flexibility index (Phi) is 3.81. The van der Waals surface area contributed by atoms with Crippen molar-refractivity contribution < 1.29 is 14.6 Å². The van der Waals surface area contributed by atoms with E-state index in [1.807, 2.05) is 0 Å². The lowest BCUT2D eigenvalue weighted by atomic mass is 10.1. The minimum Gasteiger partial charge on any atom is -0.478 e. The van der Waals surface area contributed by atoms with Crippen molar-refractivity contribution in [3.63, 3.8) is 0 Å². The van der Waals surface area contributed by atoms with Crippen LogP contribution in [0.4, 0.5) is 5.82 Å². The summed E-state index contributed by atoms with van der Waals surface area (Å²) in [6.45, 7) is 1.36. The Morgan fingerprint density at radius 1 is 1.65 bits per heavy atom. The number of rotatable bonds is 3. The number of carboxylic acids is 1. The van der Waals surface area contributed by atoms with Crippen molar-refractivity contribution in [2.75, 3.05) is 18.5 Å². The largest absolute Gasteiger partial charge is 0.478 e. The Morgan fingerprint density at radius 2 is 2.47 bits per heavy atom. The fraction of sp³-hybridized carbons (Fsp3) is 0.455. The maximum atomic E-state index is 10.9. The molecular weight excluding hydrogens is 244 g/mol. The van der Waals surface area contributed by atoms with E-state index in [1.165, 1.54) is 12.3 Å². The molecule has 1 aromatic heterocycles. The number of nitrogens with one attached hydrogen (secondary N) is 1. The molecular formula is C11H13ClN2O3. The molecule has 1 aliphatic heterocycles. The van der Waals surface area contributed by atoms with E-state index in [0.29, 0.717) is 12.4 Å². The summed E-state index contributed by atoms with van der Waals surface area (Å²) in [4.78, 5) is 15.0. The molecule has 5 nitrogen and oxygen atoms in total. The van der Waals surface area contributed by atoms with Crippen molar-refractivity contribution in [2.24, 2.45) is 0 Å². The summed E-state index contributed by atoms with van der Waals surface area (Å²) in [6.07, 6.45) is 3.38. The molecule has 1 fully saturated rings. The Morgan fingerprint density at radius 3 is 3.12 bits per heavy atom. The molecule has 1 aromatic rings. The molecule has 0 bridgehead atoms. The van der Waals surface area contributed by atoms with Gasteiger partial charge >= 0.3 is 5.97 Å². The van der Waals surface area contributed by atoms with Crippen LogP contribution in [0, 0.1) is 0 Å². The molecule has 1 aliphatic rings. The van der Waals surface area contributed by atoms with Gasteiger partial charge in [-0.25, -0.2) is 9.78 Å². The van der Waals surface area contributed by atoms with Crippen LogP contribution in [0.1, 0.15) is 23.2 Å². The van der Waals surface area contributed by atoms with Crippen molar-refractivity contribution in [3.05, 3.63) is 22.8 Å². The van der Waals surface area contributed by atoms with Crippen molar-refractivity contribution in [2.45, 2.75) is 18.9 Å². The first-order chi connectivity index (χ1) is 8.18. The molecule has 0 saturated carbocycles. The van der Waals surface area contributed by atoms with Crippen LogP contribution in [0.15, 0.2) is 12.3 Å². The SMILES string of the molecule is O=C(O)c1ccnc(NC2CCCOC2)c1Cl. The van der Waals surface area contributed by atoms with Gasteiger partial charge in [-0.05, 0) is 18.9 Å². The molecule has 1 atom stereocenters. The standard InChI is InChI=1S/C11H13ClN2O3/c12-9-8(11(15)16)3-4-13-10(9)14-7-2-1-5-17-6-7/h3-4,7H,1-2,5-6H2,(H,13,14)(H,15,16). The first-order valence-electron chi connectivity index (χ1n) is 5.40. The Balaban J connectivity index is 2.15. The number of anilines is 1. The lowest BCUT2D eigenvalue weighted by Gasteiger charge is -2.24. The van der Waals surface area contributed by atoms with Crippen molar-refractivity contribution in [1.82, 2.24) is 4.98 Å². The monoisotopic (exact) mass is 256 g/mol. The van der Waals surface area contributed by atoms with E-state index in [-0.39, 0.29) is 16.6 Å².